The molecule has 0 saturated heterocycles. The number of rotatable bonds is 7. The second-order valence-corrected chi connectivity index (χ2v) is 5.62. The number of methoxy groups -OCH3 is 1. The molecule has 0 aromatic carbocycles. The highest BCUT2D eigenvalue weighted by molar-refractivity contribution is 7.10. The topological polar surface area (TPSA) is 77.5 Å². The van der Waals surface area contributed by atoms with Crippen LogP contribution >= 0.6 is 11.3 Å². The predicted molar refractivity (Wildman–Crippen MR) is 86.6 cm³/mol. The molecular formula is C16H18N2O4S. The molecule has 2 heterocycles. The number of nitrogens with zero attached hydrogens (tertiary/aromatic N) is 1. The number of carbonyl (C=O) groups is 2. The maximum Gasteiger partial charge on any atom is 0.307 e. The maximum absolute atomic E-state index is 12.3. The number of carbonyl (C=O) groups excluding carboxylic acids is 2. The van der Waals surface area contributed by atoms with Crippen molar-refractivity contribution < 1.29 is 19.1 Å². The van der Waals surface area contributed by atoms with E-state index in [1.165, 1.54) is 24.6 Å². The largest absolute Gasteiger partial charge is 0.478 e. The van der Waals surface area contributed by atoms with E-state index >= 15 is 0 Å². The quantitative estimate of drug-likeness (QED) is 0.788. The second kappa shape index (κ2) is 8.28. The Morgan fingerprint density at radius 2 is 2.17 bits per heavy atom. The van der Waals surface area contributed by atoms with Gasteiger partial charge in [0.15, 0.2) is 0 Å². The van der Waals surface area contributed by atoms with Crippen LogP contribution in [0.1, 0.15) is 34.6 Å². The van der Waals surface area contributed by atoms with Crippen LogP contribution < -0.4 is 10.1 Å². The van der Waals surface area contributed by atoms with Gasteiger partial charge in [0.25, 0.3) is 5.91 Å². The number of pyridine rings is 1. The smallest absolute Gasteiger partial charge is 0.307 e. The molecule has 2 aromatic heterocycles. The Labute approximate surface area is 138 Å². The summed E-state index contributed by atoms with van der Waals surface area (Å²) in [6.45, 7) is 2.37. The third kappa shape index (κ3) is 4.79. The van der Waals surface area contributed by atoms with Gasteiger partial charge >= 0.3 is 5.97 Å². The molecule has 23 heavy (non-hydrogen) atoms. The summed E-state index contributed by atoms with van der Waals surface area (Å²) in [7, 11) is 1.33. The van der Waals surface area contributed by atoms with Gasteiger partial charge in [0.05, 0.1) is 31.7 Å². The average molecular weight is 334 g/mol. The fourth-order valence-corrected chi connectivity index (χ4v) is 2.73. The Kier molecular flexibility index (Phi) is 6.10. The van der Waals surface area contributed by atoms with Crippen LogP contribution in [0.15, 0.2) is 35.8 Å². The van der Waals surface area contributed by atoms with Crippen LogP contribution in [0.2, 0.25) is 0 Å². The van der Waals surface area contributed by atoms with Crippen molar-refractivity contribution in [3.05, 3.63) is 46.3 Å². The summed E-state index contributed by atoms with van der Waals surface area (Å²) >= 11 is 1.47. The van der Waals surface area contributed by atoms with Gasteiger partial charge in [-0.1, -0.05) is 6.07 Å². The van der Waals surface area contributed by atoms with E-state index in [0.717, 1.165) is 4.88 Å². The molecule has 1 amide bonds. The molecule has 7 heteroatoms. The molecule has 1 N–H and O–H groups in total. The van der Waals surface area contributed by atoms with Gasteiger partial charge in [0.2, 0.25) is 5.88 Å². The number of hydrogen-bond donors (Lipinski definition) is 1. The minimum absolute atomic E-state index is 0.0766. The first kappa shape index (κ1) is 17.0. The van der Waals surface area contributed by atoms with Crippen molar-refractivity contribution in [3.8, 4) is 5.88 Å². The highest BCUT2D eigenvalue weighted by Crippen LogP contribution is 2.23. The summed E-state index contributed by atoms with van der Waals surface area (Å²) in [4.78, 5) is 28.9. The molecule has 2 rings (SSSR count). The van der Waals surface area contributed by atoms with Crippen molar-refractivity contribution in [1.29, 1.82) is 0 Å². The Balaban J connectivity index is 2.09. The number of ether oxygens (including phenoxy) is 2. The number of amides is 1. The minimum Gasteiger partial charge on any atom is -0.478 e. The van der Waals surface area contributed by atoms with Gasteiger partial charge in [0, 0.05) is 17.1 Å². The Bertz CT molecular complexity index is 641. The molecule has 1 atom stereocenters. The number of aromatic nitrogens is 1. The monoisotopic (exact) mass is 334 g/mol. The number of esters is 1. The summed E-state index contributed by atoms with van der Waals surface area (Å²) in [6, 6.07) is 6.58. The molecule has 2 aromatic rings. The van der Waals surface area contributed by atoms with Crippen LogP contribution in [0.3, 0.4) is 0 Å². The zero-order chi connectivity index (χ0) is 16.7. The number of thiophene rings is 1. The van der Waals surface area contributed by atoms with Crippen LogP contribution in [-0.2, 0) is 9.53 Å². The van der Waals surface area contributed by atoms with E-state index in [1.54, 1.807) is 12.1 Å². The van der Waals surface area contributed by atoms with Crippen molar-refractivity contribution in [2.45, 2.75) is 19.4 Å². The van der Waals surface area contributed by atoms with Gasteiger partial charge in [-0.15, -0.1) is 11.3 Å². The highest BCUT2D eigenvalue weighted by Gasteiger charge is 2.20. The molecule has 1 unspecified atom stereocenters. The highest BCUT2D eigenvalue weighted by atomic mass is 32.1. The van der Waals surface area contributed by atoms with Crippen molar-refractivity contribution >= 4 is 23.2 Å². The van der Waals surface area contributed by atoms with E-state index < -0.39 is 6.04 Å². The zero-order valence-electron chi connectivity index (χ0n) is 12.9. The van der Waals surface area contributed by atoms with Gasteiger partial charge in [-0.3, -0.25) is 9.59 Å². The van der Waals surface area contributed by atoms with Gasteiger partial charge in [0.1, 0.15) is 0 Å². The normalized spacial score (nSPS) is 11.6. The standard InChI is InChI=1S/C16H18N2O4S/c1-3-22-14-7-6-11(10-17-14)16(20)18-12(9-15(19)21-2)13-5-4-8-23-13/h4-8,10,12H,3,9H2,1-2H3,(H,18,20). The Morgan fingerprint density at radius 3 is 2.74 bits per heavy atom. The molecule has 0 radical (unpaired) electrons. The van der Waals surface area contributed by atoms with E-state index in [-0.39, 0.29) is 18.3 Å². The fourth-order valence-electron chi connectivity index (χ4n) is 1.95. The fraction of sp³-hybridized carbons (Fsp3) is 0.312. The Morgan fingerprint density at radius 1 is 1.35 bits per heavy atom. The molecule has 0 fully saturated rings. The van der Waals surface area contributed by atoms with Crippen molar-refractivity contribution in [2.24, 2.45) is 0 Å². The van der Waals surface area contributed by atoms with E-state index in [9.17, 15) is 9.59 Å². The van der Waals surface area contributed by atoms with E-state index in [0.29, 0.717) is 18.1 Å². The van der Waals surface area contributed by atoms with Crippen molar-refractivity contribution in [1.82, 2.24) is 10.3 Å². The third-order valence-electron chi connectivity index (χ3n) is 3.08. The average Bonchev–Trinajstić information content (AvgIpc) is 3.09. The van der Waals surface area contributed by atoms with Crippen LogP contribution in [0.25, 0.3) is 0 Å². The number of nitrogens with one attached hydrogen (secondary N) is 1. The van der Waals surface area contributed by atoms with Crippen LogP contribution in [0.4, 0.5) is 0 Å². The van der Waals surface area contributed by atoms with E-state index in [2.05, 4.69) is 10.3 Å². The maximum atomic E-state index is 12.3. The molecule has 0 aliphatic carbocycles. The summed E-state index contributed by atoms with van der Waals surface area (Å²) in [6.07, 6.45) is 1.52. The van der Waals surface area contributed by atoms with E-state index in [1.807, 2.05) is 24.4 Å². The molecule has 0 saturated carbocycles. The lowest BCUT2D eigenvalue weighted by atomic mass is 10.1. The van der Waals surface area contributed by atoms with Crippen molar-refractivity contribution in [2.75, 3.05) is 13.7 Å². The summed E-state index contributed by atoms with van der Waals surface area (Å²) < 4.78 is 9.94. The van der Waals surface area contributed by atoms with Gasteiger partial charge < -0.3 is 14.8 Å². The van der Waals surface area contributed by atoms with Gasteiger partial charge in [-0.25, -0.2) is 4.98 Å². The first-order valence-electron chi connectivity index (χ1n) is 7.14. The molecule has 0 aliphatic heterocycles. The molecule has 122 valence electrons. The SMILES string of the molecule is CCOc1ccc(C(=O)NC(CC(=O)OC)c2cccs2)cn1. The molecule has 0 spiro atoms. The summed E-state index contributed by atoms with van der Waals surface area (Å²) in [5, 5.41) is 4.74. The first-order valence-corrected chi connectivity index (χ1v) is 8.02. The third-order valence-corrected chi connectivity index (χ3v) is 4.07. The van der Waals surface area contributed by atoms with Crippen LogP contribution in [0, 0.1) is 0 Å². The summed E-state index contributed by atoms with van der Waals surface area (Å²) in [5.41, 5.74) is 0.403. The van der Waals surface area contributed by atoms with Crippen molar-refractivity contribution in [3.63, 3.8) is 0 Å². The van der Waals surface area contributed by atoms with Crippen LogP contribution in [-0.4, -0.2) is 30.6 Å². The lowest BCUT2D eigenvalue weighted by Gasteiger charge is -2.16. The van der Waals surface area contributed by atoms with E-state index in [4.69, 9.17) is 9.47 Å². The molecule has 0 bridgehead atoms. The van der Waals surface area contributed by atoms with Gasteiger partial charge in [-0.2, -0.15) is 0 Å². The van der Waals surface area contributed by atoms with Crippen LogP contribution in [0.5, 0.6) is 5.88 Å². The second-order valence-electron chi connectivity index (χ2n) is 4.64. The van der Waals surface area contributed by atoms with Gasteiger partial charge in [-0.05, 0) is 24.4 Å². The molecule has 6 nitrogen and oxygen atoms in total. The lowest BCUT2D eigenvalue weighted by Crippen LogP contribution is -2.30. The minimum atomic E-state index is -0.429. The molecular weight excluding hydrogens is 316 g/mol. The predicted octanol–water partition coefficient (Wildman–Crippen LogP) is 2.58. The molecule has 0 aliphatic rings. The first-order chi connectivity index (χ1) is 11.1. The summed E-state index contributed by atoms with van der Waals surface area (Å²) in [5.74, 6) is -0.218. The Hall–Kier alpha value is -2.41. The zero-order valence-corrected chi connectivity index (χ0v) is 13.8. The number of hydrogen-bond acceptors (Lipinski definition) is 6. The lowest BCUT2D eigenvalue weighted by molar-refractivity contribution is -0.141.